The normalized spacial score (nSPS) is 15.1. The van der Waals surface area contributed by atoms with E-state index in [1.807, 2.05) is 48.5 Å². The Balaban J connectivity index is 1.64. The topological polar surface area (TPSA) is 66.7 Å². The Hall–Kier alpha value is -3.15. The number of benzene rings is 1. The van der Waals surface area contributed by atoms with Crippen LogP contribution in [0.4, 0.5) is 5.69 Å². The van der Waals surface area contributed by atoms with Gasteiger partial charge in [-0.1, -0.05) is 49.9 Å². The van der Waals surface area contributed by atoms with Gasteiger partial charge in [-0.3, -0.25) is 14.0 Å². The van der Waals surface area contributed by atoms with Crippen molar-refractivity contribution in [2.75, 3.05) is 11.9 Å². The fourth-order valence-electron chi connectivity index (χ4n) is 3.96. The van der Waals surface area contributed by atoms with Gasteiger partial charge in [0.1, 0.15) is 0 Å². The SMILES string of the molecule is CN(C(=O)c1nc(C(=O)NC2CCCCCC2)n2ccccc12)c1ccccc1. The van der Waals surface area contributed by atoms with Gasteiger partial charge >= 0.3 is 0 Å². The standard InChI is InChI=1S/C23H26N4O2/c1-26(18-13-7-4-8-14-18)23(29)20-19-15-9-10-16-27(19)21(25-20)22(28)24-17-11-5-2-3-6-12-17/h4,7-10,13-17H,2-3,5-6,11-12H2,1H3,(H,24,28). The van der Waals surface area contributed by atoms with E-state index in [0.717, 1.165) is 31.4 Å². The predicted molar refractivity (Wildman–Crippen MR) is 113 cm³/mol. The first-order valence-electron chi connectivity index (χ1n) is 10.3. The van der Waals surface area contributed by atoms with Crippen LogP contribution in [0, 0.1) is 0 Å². The summed E-state index contributed by atoms with van der Waals surface area (Å²) in [5.41, 5.74) is 1.69. The number of para-hydroxylation sites is 1. The molecule has 3 aromatic rings. The highest BCUT2D eigenvalue weighted by atomic mass is 16.2. The molecule has 0 bridgehead atoms. The second-order valence-corrected chi connectivity index (χ2v) is 7.60. The minimum absolute atomic E-state index is 0.173. The summed E-state index contributed by atoms with van der Waals surface area (Å²) in [6, 6.07) is 15.1. The van der Waals surface area contributed by atoms with Crippen molar-refractivity contribution >= 4 is 23.0 Å². The van der Waals surface area contributed by atoms with Gasteiger partial charge in [-0.05, 0) is 37.1 Å². The van der Waals surface area contributed by atoms with Gasteiger partial charge in [-0.15, -0.1) is 0 Å². The van der Waals surface area contributed by atoms with Crippen LogP contribution in [0.25, 0.3) is 5.52 Å². The van der Waals surface area contributed by atoms with Crippen LogP contribution in [0.3, 0.4) is 0 Å². The van der Waals surface area contributed by atoms with Crippen molar-refractivity contribution in [1.82, 2.24) is 14.7 Å². The Kier molecular flexibility index (Phi) is 5.60. The van der Waals surface area contributed by atoms with Crippen LogP contribution in [0.15, 0.2) is 54.7 Å². The lowest BCUT2D eigenvalue weighted by molar-refractivity contribution is 0.0922. The highest BCUT2D eigenvalue weighted by Gasteiger charge is 2.25. The molecule has 6 heteroatoms. The van der Waals surface area contributed by atoms with Crippen LogP contribution in [0.1, 0.15) is 59.6 Å². The Bertz CT molecular complexity index is 1000. The van der Waals surface area contributed by atoms with Crippen molar-refractivity contribution in [1.29, 1.82) is 0 Å². The summed E-state index contributed by atoms with van der Waals surface area (Å²) >= 11 is 0. The number of nitrogens with one attached hydrogen (secondary N) is 1. The van der Waals surface area contributed by atoms with E-state index in [0.29, 0.717) is 5.52 Å². The molecular formula is C23H26N4O2. The minimum Gasteiger partial charge on any atom is -0.347 e. The maximum atomic E-state index is 13.1. The third-order valence-corrected chi connectivity index (χ3v) is 5.59. The number of hydrogen-bond donors (Lipinski definition) is 1. The zero-order valence-electron chi connectivity index (χ0n) is 16.7. The smallest absolute Gasteiger partial charge is 0.287 e. The second-order valence-electron chi connectivity index (χ2n) is 7.60. The molecule has 29 heavy (non-hydrogen) atoms. The average Bonchev–Trinajstić information content (AvgIpc) is 2.96. The number of pyridine rings is 1. The third kappa shape index (κ3) is 4.01. The number of carbonyl (C=O) groups is 2. The molecular weight excluding hydrogens is 364 g/mol. The van der Waals surface area contributed by atoms with E-state index in [2.05, 4.69) is 10.3 Å². The maximum Gasteiger partial charge on any atom is 0.287 e. The molecule has 0 saturated heterocycles. The first kappa shape index (κ1) is 19.2. The van der Waals surface area contributed by atoms with Crippen molar-refractivity contribution in [2.24, 2.45) is 0 Å². The van der Waals surface area contributed by atoms with Crippen molar-refractivity contribution in [3.63, 3.8) is 0 Å². The largest absolute Gasteiger partial charge is 0.347 e. The predicted octanol–water partition coefficient (Wildman–Crippen LogP) is 4.06. The molecule has 0 radical (unpaired) electrons. The lowest BCUT2D eigenvalue weighted by atomic mass is 10.1. The van der Waals surface area contributed by atoms with Gasteiger partial charge in [0, 0.05) is 25.0 Å². The van der Waals surface area contributed by atoms with Crippen LogP contribution in [0.2, 0.25) is 0 Å². The molecule has 1 aromatic carbocycles. The third-order valence-electron chi connectivity index (χ3n) is 5.59. The molecule has 0 atom stereocenters. The van der Waals surface area contributed by atoms with Crippen LogP contribution < -0.4 is 10.2 Å². The molecule has 4 rings (SSSR count). The summed E-state index contributed by atoms with van der Waals surface area (Å²) in [4.78, 5) is 32.2. The highest BCUT2D eigenvalue weighted by molar-refractivity contribution is 6.10. The molecule has 6 nitrogen and oxygen atoms in total. The number of fused-ring (bicyclic) bond motifs is 1. The van der Waals surface area contributed by atoms with Gasteiger partial charge < -0.3 is 10.2 Å². The number of hydrogen-bond acceptors (Lipinski definition) is 3. The molecule has 1 aliphatic rings. The van der Waals surface area contributed by atoms with Crippen molar-refractivity contribution in [3.8, 4) is 0 Å². The van der Waals surface area contributed by atoms with E-state index in [9.17, 15) is 9.59 Å². The van der Waals surface area contributed by atoms with Crippen LogP contribution >= 0.6 is 0 Å². The summed E-state index contributed by atoms with van der Waals surface area (Å²) in [5.74, 6) is -0.206. The van der Waals surface area contributed by atoms with Gasteiger partial charge in [0.25, 0.3) is 11.8 Å². The molecule has 1 N–H and O–H groups in total. The minimum atomic E-state index is -0.242. The van der Waals surface area contributed by atoms with Crippen molar-refractivity contribution in [2.45, 2.75) is 44.6 Å². The van der Waals surface area contributed by atoms with Gasteiger partial charge in [0.15, 0.2) is 5.69 Å². The molecule has 2 aromatic heterocycles. The van der Waals surface area contributed by atoms with Gasteiger partial charge in [-0.2, -0.15) is 0 Å². The molecule has 2 heterocycles. The number of aromatic nitrogens is 2. The number of rotatable bonds is 4. The summed E-state index contributed by atoms with van der Waals surface area (Å²) in [6.07, 6.45) is 8.50. The van der Waals surface area contributed by atoms with E-state index in [4.69, 9.17) is 0 Å². The van der Waals surface area contributed by atoms with E-state index in [-0.39, 0.29) is 29.4 Å². The number of amides is 2. The molecule has 150 valence electrons. The fourth-order valence-corrected chi connectivity index (χ4v) is 3.96. The molecule has 1 fully saturated rings. The Morgan fingerprint density at radius 2 is 1.69 bits per heavy atom. The zero-order chi connectivity index (χ0) is 20.2. The molecule has 1 saturated carbocycles. The lowest BCUT2D eigenvalue weighted by Crippen LogP contribution is -2.35. The van der Waals surface area contributed by atoms with Crippen LogP contribution in [-0.2, 0) is 0 Å². The van der Waals surface area contributed by atoms with Gasteiger partial charge in [0.05, 0.1) is 5.52 Å². The zero-order valence-corrected chi connectivity index (χ0v) is 16.7. The summed E-state index contributed by atoms with van der Waals surface area (Å²) < 4.78 is 1.71. The quantitative estimate of drug-likeness (QED) is 0.683. The van der Waals surface area contributed by atoms with E-state index >= 15 is 0 Å². The van der Waals surface area contributed by atoms with E-state index in [1.54, 1.807) is 22.5 Å². The Labute approximate surface area is 170 Å². The van der Waals surface area contributed by atoms with Crippen LogP contribution in [-0.4, -0.2) is 34.3 Å². The molecule has 1 aliphatic carbocycles. The lowest BCUT2D eigenvalue weighted by Gasteiger charge is -2.16. The Morgan fingerprint density at radius 1 is 1.00 bits per heavy atom. The second kappa shape index (κ2) is 8.47. The number of anilines is 1. The van der Waals surface area contributed by atoms with Crippen molar-refractivity contribution in [3.05, 3.63) is 66.2 Å². The van der Waals surface area contributed by atoms with Gasteiger partial charge in [-0.25, -0.2) is 4.98 Å². The number of nitrogens with zero attached hydrogens (tertiary/aromatic N) is 3. The molecule has 0 spiro atoms. The van der Waals surface area contributed by atoms with Crippen LogP contribution in [0.5, 0.6) is 0 Å². The van der Waals surface area contributed by atoms with E-state index in [1.165, 1.54) is 12.8 Å². The number of imidazole rings is 1. The molecule has 0 aliphatic heterocycles. The monoisotopic (exact) mass is 390 g/mol. The Morgan fingerprint density at radius 3 is 2.41 bits per heavy atom. The number of carbonyl (C=O) groups excluding carboxylic acids is 2. The summed E-state index contributed by atoms with van der Waals surface area (Å²) in [7, 11) is 1.72. The van der Waals surface area contributed by atoms with E-state index < -0.39 is 0 Å². The maximum absolute atomic E-state index is 13.1. The van der Waals surface area contributed by atoms with Crippen molar-refractivity contribution < 1.29 is 9.59 Å². The molecule has 0 unspecified atom stereocenters. The summed E-state index contributed by atoms with van der Waals surface area (Å²) in [6.45, 7) is 0. The summed E-state index contributed by atoms with van der Waals surface area (Å²) in [5, 5.41) is 3.13. The first-order chi connectivity index (χ1) is 14.1. The highest BCUT2D eigenvalue weighted by Crippen LogP contribution is 2.21. The first-order valence-corrected chi connectivity index (χ1v) is 10.3. The fraction of sp³-hybridized carbons (Fsp3) is 0.348. The van der Waals surface area contributed by atoms with Gasteiger partial charge in [0.2, 0.25) is 5.82 Å². The molecule has 2 amide bonds. The average molecular weight is 390 g/mol.